The lowest BCUT2D eigenvalue weighted by Crippen LogP contribution is -2.37. The van der Waals surface area contributed by atoms with E-state index in [1.54, 1.807) is 0 Å². The monoisotopic (exact) mass is 280 g/mol. The molecule has 2 heterocycles. The van der Waals surface area contributed by atoms with Crippen LogP contribution >= 0.6 is 0 Å². The topological polar surface area (TPSA) is 42.3 Å². The van der Waals surface area contributed by atoms with E-state index in [1.807, 2.05) is 11.7 Å². The highest BCUT2D eigenvalue weighted by atomic mass is 16.5. The first kappa shape index (κ1) is 15.5. The number of aromatic nitrogens is 2. The number of ether oxygens (including phenoxy) is 1. The van der Waals surface area contributed by atoms with Gasteiger partial charge in [0.2, 0.25) is 0 Å². The van der Waals surface area contributed by atoms with Gasteiger partial charge in [0.1, 0.15) is 0 Å². The van der Waals surface area contributed by atoms with Crippen molar-refractivity contribution in [2.45, 2.75) is 32.7 Å². The van der Waals surface area contributed by atoms with E-state index < -0.39 is 0 Å². The molecule has 1 saturated heterocycles. The number of morpholine rings is 1. The molecule has 1 aromatic heterocycles. The molecule has 0 spiro atoms. The van der Waals surface area contributed by atoms with E-state index in [1.165, 1.54) is 24.2 Å². The van der Waals surface area contributed by atoms with Gasteiger partial charge >= 0.3 is 0 Å². The molecule has 0 amide bonds. The minimum atomic E-state index is 0.487. The highest BCUT2D eigenvalue weighted by molar-refractivity contribution is 5.19. The molecule has 2 rings (SSSR count). The Bertz CT molecular complexity index is 397. The highest BCUT2D eigenvalue weighted by Gasteiger charge is 2.11. The van der Waals surface area contributed by atoms with Crippen molar-refractivity contribution in [1.82, 2.24) is 20.0 Å². The van der Waals surface area contributed by atoms with Gasteiger partial charge in [-0.1, -0.05) is 13.8 Å². The van der Waals surface area contributed by atoms with E-state index in [2.05, 4.69) is 35.4 Å². The van der Waals surface area contributed by atoms with Crippen LogP contribution in [0, 0.1) is 0 Å². The SMILES string of the molecule is CC(C)c1nn(C)cc1CNCCCN1CCOCC1. The second kappa shape index (κ2) is 7.76. The van der Waals surface area contributed by atoms with Crippen LogP contribution in [-0.2, 0) is 18.3 Å². The van der Waals surface area contributed by atoms with Crippen LogP contribution < -0.4 is 5.32 Å². The summed E-state index contributed by atoms with van der Waals surface area (Å²) in [6.07, 6.45) is 3.32. The van der Waals surface area contributed by atoms with Crippen molar-refractivity contribution in [2.75, 3.05) is 39.4 Å². The number of hydrogen-bond acceptors (Lipinski definition) is 4. The molecule has 1 fully saturated rings. The van der Waals surface area contributed by atoms with Gasteiger partial charge in [-0.2, -0.15) is 5.10 Å². The molecule has 0 radical (unpaired) electrons. The Morgan fingerprint density at radius 2 is 2.10 bits per heavy atom. The van der Waals surface area contributed by atoms with Crippen molar-refractivity contribution in [3.63, 3.8) is 0 Å². The average Bonchev–Trinajstić information content (AvgIpc) is 2.81. The second-order valence-electron chi connectivity index (χ2n) is 5.85. The summed E-state index contributed by atoms with van der Waals surface area (Å²) >= 11 is 0. The largest absolute Gasteiger partial charge is 0.379 e. The molecule has 1 aromatic rings. The lowest BCUT2D eigenvalue weighted by Gasteiger charge is -2.26. The Kier molecular flexibility index (Phi) is 6.01. The van der Waals surface area contributed by atoms with Crippen LogP contribution in [0.5, 0.6) is 0 Å². The Morgan fingerprint density at radius 1 is 1.35 bits per heavy atom. The fraction of sp³-hybridized carbons (Fsp3) is 0.800. The summed E-state index contributed by atoms with van der Waals surface area (Å²) in [5, 5.41) is 8.08. The smallest absolute Gasteiger partial charge is 0.0694 e. The molecule has 1 N–H and O–H groups in total. The maximum atomic E-state index is 5.36. The molecule has 1 aliphatic heterocycles. The maximum absolute atomic E-state index is 5.36. The van der Waals surface area contributed by atoms with Gasteiger partial charge in [0.05, 0.1) is 18.9 Å². The van der Waals surface area contributed by atoms with Crippen LogP contribution in [0.15, 0.2) is 6.20 Å². The lowest BCUT2D eigenvalue weighted by atomic mass is 10.1. The van der Waals surface area contributed by atoms with E-state index in [9.17, 15) is 0 Å². The summed E-state index contributed by atoms with van der Waals surface area (Å²) in [6, 6.07) is 0. The van der Waals surface area contributed by atoms with Gasteiger partial charge in [-0.3, -0.25) is 9.58 Å². The molecule has 0 saturated carbocycles. The fourth-order valence-corrected chi connectivity index (χ4v) is 2.65. The molecule has 0 bridgehead atoms. The molecule has 114 valence electrons. The summed E-state index contributed by atoms with van der Waals surface area (Å²) < 4.78 is 7.27. The molecule has 0 atom stereocenters. The van der Waals surface area contributed by atoms with Crippen LogP contribution in [0.2, 0.25) is 0 Å². The number of hydrogen-bond donors (Lipinski definition) is 1. The zero-order valence-electron chi connectivity index (χ0n) is 13.1. The third kappa shape index (κ3) is 4.58. The van der Waals surface area contributed by atoms with Crippen molar-refractivity contribution >= 4 is 0 Å². The summed E-state index contributed by atoms with van der Waals surface area (Å²) in [7, 11) is 1.99. The Labute approximate surface area is 122 Å². The predicted octanol–water partition coefficient (Wildman–Crippen LogP) is 1.36. The minimum Gasteiger partial charge on any atom is -0.379 e. The molecule has 0 unspecified atom stereocenters. The molecule has 1 aliphatic rings. The Hall–Kier alpha value is -0.910. The normalized spacial score (nSPS) is 17.0. The van der Waals surface area contributed by atoms with Gasteiger partial charge in [-0.15, -0.1) is 0 Å². The van der Waals surface area contributed by atoms with Crippen molar-refractivity contribution in [3.05, 3.63) is 17.5 Å². The van der Waals surface area contributed by atoms with E-state index in [-0.39, 0.29) is 0 Å². The molecular formula is C15H28N4O. The van der Waals surface area contributed by atoms with Crippen LogP contribution in [0.1, 0.15) is 37.4 Å². The third-order valence-electron chi connectivity index (χ3n) is 3.73. The highest BCUT2D eigenvalue weighted by Crippen LogP contribution is 2.16. The number of rotatable bonds is 7. The van der Waals surface area contributed by atoms with Gasteiger partial charge in [-0.25, -0.2) is 0 Å². The van der Waals surface area contributed by atoms with Crippen molar-refractivity contribution < 1.29 is 4.74 Å². The molecule has 0 aromatic carbocycles. The van der Waals surface area contributed by atoms with Gasteiger partial charge in [0, 0.05) is 38.4 Å². The van der Waals surface area contributed by atoms with Gasteiger partial charge < -0.3 is 10.1 Å². The van der Waals surface area contributed by atoms with Crippen molar-refractivity contribution in [1.29, 1.82) is 0 Å². The van der Waals surface area contributed by atoms with Gasteiger partial charge in [0.15, 0.2) is 0 Å². The molecule has 20 heavy (non-hydrogen) atoms. The second-order valence-corrected chi connectivity index (χ2v) is 5.85. The number of aryl methyl sites for hydroxylation is 1. The van der Waals surface area contributed by atoms with E-state index in [0.717, 1.165) is 39.4 Å². The molecular weight excluding hydrogens is 252 g/mol. The average molecular weight is 280 g/mol. The maximum Gasteiger partial charge on any atom is 0.0694 e. The Balaban J connectivity index is 1.65. The first-order chi connectivity index (χ1) is 9.66. The van der Waals surface area contributed by atoms with E-state index in [4.69, 9.17) is 4.74 Å². The van der Waals surface area contributed by atoms with Gasteiger partial charge in [0.25, 0.3) is 0 Å². The standard InChI is InChI=1S/C15H28N4O/c1-13(2)15-14(12-18(3)17-15)11-16-5-4-6-19-7-9-20-10-8-19/h12-13,16H,4-11H2,1-3H3. The Morgan fingerprint density at radius 3 is 2.80 bits per heavy atom. The summed E-state index contributed by atoms with van der Waals surface area (Å²) in [5.74, 6) is 0.487. The summed E-state index contributed by atoms with van der Waals surface area (Å²) in [4.78, 5) is 2.48. The van der Waals surface area contributed by atoms with E-state index >= 15 is 0 Å². The van der Waals surface area contributed by atoms with Crippen LogP contribution in [-0.4, -0.2) is 54.1 Å². The van der Waals surface area contributed by atoms with Crippen LogP contribution in [0.25, 0.3) is 0 Å². The third-order valence-corrected chi connectivity index (χ3v) is 3.73. The molecule has 5 heteroatoms. The van der Waals surface area contributed by atoms with Crippen LogP contribution in [0.3, 0.4) is 0 Å². The first-order valence-corrected chi connectivity index (χ1v) is 7.70. The zero-order chi connectivity index (χ0) is 14.4. The quantitative estimate of drug-likeness (QED) is 0.766. The minimum absolute atomic E-state index is 0.487. The van der Waals surface area contributed by atoms with Crippen molar-refractivity contribution in [3.8, 4) is 0 Å². The van der Waals surface area contributed by atoms with Gasteiger partial charge in [-0.05, 0) is 25.4 Å². The molecule has 0 aliphatic carbocycles. The number of nitrogens with zero attached hydrogens (tertiary/aromatic N) is 3. The summed E-state index contributed by atoms with van der Waals surface area (Å²) in [6.45, 7) is 11.5. The summed E-state index contributed by atoms with van der Waals surface area (Å²) in [5.41, 5.74) is 2.54. The molecule has 5 nitrogen and oxygen atoms in total. The van der Waals surface area contributed by atoms with Crippen molar-refractivity contribution in [2.24, 2.45) is 7.05 Å². The first-order valence-electron chi connectivity index (χ1n) is 7.70. The number of nitrogens with one attached hydrogen (secondary N) is 1. The fourth-order valence-electron chi connectivity index (χ4n) is 2.65. The van der Waals surface area contributed by atoms with E-state index in [0.29, 0.717) is 5.92 Å². The zero-order valence-corrected chi connectivity index (χ0v) is 13.1. The lowest BCUT2D eigenvalue weighted by molar-refractivity contribution is 0.0374. The predicted molar refractivity (Wildman–Crippen MR) is 80.9 cm³/mol. The van der Waals surface area contributed by atoms with Crippen LogP contribution in [0.4, 0.5) is 0 Å².